The van der Waals surface area contributed by atoms with Crippen molar-refractivity contribution < 1.29 is 14.2 Å². The number of nitrogens with zero attached hydrogens (tertiary/aromatic N) is 1. The van der Waals surface area contributed by atoms with E-state index in [9.17, 15) is 0 Å². The van der Waals surface area contributed by atoms with Gasteiger partial charge in [0.1, 0.15) is 0 Å². The van der Waals surface area contributed by atoms with E-state index in [1.165, 1.54) is 0 Å². The van der Waals surface area contributed by atoms with Gasteiger partial charge in [-0.05, 0) is 6.54 Å². The number of nitrogens with two attached hydrogens (primary N) is 1. The quantitative estimate of drug-likeness (QED) is 0.551. The number of hydrogen-bond donors (Lipinski definition) is 1. The Balaban J connectivity index is 4.19. The Hall–Kier alpha value is -0.200. The summed E-state index contributed by atoms with van der Waals surface area (Å²) < 4.78 is 15.5. The van der Waals surface area contributed by atoms with Gasteiger partial charge in [-0.15, -0.1) is 0 Å². The van der Waals surface area contributed by atoms with E-state index in [0.29, 0.717) is 6.54 Å². The molecule has 0 aromatic rings. The summed E-state index contributed by atoms with van der Waals surface area (Å²) in [6.07, 6.45) is 0.589. The Labute approximate surface area is 98.8 Å². The zero-order valence-corrected chi connectivity index (χ0v) is 10.9. The van der Waals surface area contributed by atoms with Gasteiger partial charge in [0.05, 0.1) is 6.61 Å². The molecule has 2 N–H and O–H groups in total. The summed E-state index contributed by atoms with van der Waals surface area (Å²) >= 11 is 0. The summed E-state index contributed by atoms with van der Waals surface area (Å²) in [7, 11) is 5.00. The Kier molecular flexibility index (Phi) is 9.86. The Bertz CT molecular complexity index is 154. The van der Waals surface area contributed by atoms with Crippen molar-refractivity contribution in [1.82, 2.24) is 4.90 Å². The molecule has 0 radical (unpaired) electrons. The second kappa shape index (κ2) is 9.99. The summed E-state index contributed by atoms with van der Waals surface area (Å²) in [4.78, 5) is 2.29. The van der Waals surface area contributed by atoms with E-state index in [1.807, 2.05) is 0 Å². The molecule has 0 rings (SSSR count). The average molecular weight is 234 g/mol. The molecule has 0 amide bonds. The van der Waals surface area contributed by atoms with Gasteiger partial charge in [-0.3, -0.25) is 4.90 Å². The maximum Gasteiger partial charge on any atom is 0.158 e. The van der Waals surface area contributed by atoms with E-state index in [2.05, 4.69) is 11.8 Å². The lowest BCUT2D eigenvalue weighted by atomic mass is 10.1. The van der Waals surface area contributed by atoms with Gasteiger partial charge in [-0.1, -0.05) is 6.92 Å². The van der Waals surface area contributed by atoms with Gasteiger partial charge in [-0.2, -0.15) is 0 Å². The molecule has 0 saturated carbocycles. The Morgan fingerprint density at radius 2 is 1.81 bits per heavy atom. The molecule has 98 valence electrons. The summed E-state index contributed by atoms with van der Waals surface area (Å²) in [6, 6.07) is 0.269. The Morgan fingerprint density at radius 3 is 2.19 bits per heavy atom. The molecule has 5 heteroatoms. The second-order valence-corrected chi connectivity index (χ2v) is 3.65. The van der Waals surface area contributed by atoms with E-state index in [1.54, 1.807) is 21.3 Å². The van der Waals surface area contributed by atoms with Gasteiger partial charge in [0.25, 0.3) is 0 Å². The molecule has 0 saturated heterocycles. The van der Waals surface area contributed by atoms with Crippen LogP contribution in [0, 0.1) is 0 Å². The fraction of sp³-hybridized carbons (Fsp3) is 1.00. The summed E-state index contributed by atoms with van der Waals surface area (Å²) in [5.74, 6) is 0. The van der Waals surface area contributed by atoms with Crippen molar-refractivity contribution in [2.45, 2.75) is 25.7 Å². The van der Waals surface area contributed by atoms with Crippen LogP contribution in [0.15, 0.2) is 0 Å². The van der Waals surface area contributed by atoms with Crippen LogP contribution in [0.5, 0.6) is 0 Å². The molecule has 0 spiro atoms. The van der Waals surface area contributed by atoms with Crippen molar-refractivity contribution in [3.8, 4) is 0 Å². The van der Waals surface area contributed by atoms with E-state index < -0.39 is 0 Å². The SMILES string of the molecule is CCN(CCOC)C(CN)CC(OC)OC. The lowest BCUT2D eigenvalue weighted by Crippen LogP contribution is -2.44. The van der Waals surface area contributed by atoms with Crippen molar-refractivity contribution in [3.05, 3.63) is 0 Å². The fourth-order valence-electron chi connectivity index (χ4n) is 1.71. The minimum Gasteiger partial charge on any atom is -0.383 e. The molecule has 0 heterocycles. The molecule has 1 unspecified atom stereocenters. The first kappa shape index (κ1) is 15.8. The molecule has 0 aromatic carbocycles. The third-order valence-corrected chi connectivity index (χ3v) is 2.77. The van der Waals surface area contributed by atoms with E-state index >= 15 is 0 Å². The van der Waals surface area contributed by atoms with Crippen molar-refractivity contribution in [3.63, 3.8) is 0 Å². The molecule has 0 aromatic heterocycles. The van der Waals surface area contributed by atoms with Gasteiger partial charge in [0.15, 0.2) is 6.29 Å². The average Bonchev–Trinajstić information content (AvgIpc) is 2.33. The summed E-state index contributed by atoms with van der Waals surface area (Å²) in [5.41, 5.74) is 5.79. The van der Waals surface area contributed by atoms with Gasteiger partial charge in [0.2, 0.25) is 0 Å². The lowest BCUT2D eigenvalue weighted by Gasteiger charge is -2.31. The maximum absolute atomic E-state index is 5.79. The molecular formula is C11H26N2O3. The molecule has 5 nitrogen and oxygen atoms in total. The molecule has 1 atom stereocenters. The van der Waals surface area contributed by atoms with E-state index in [4.69, 9.17) is 19.9 Å². The Morgan fingerprint density at radius 1 is 1.19 bits per heavy atom. The zero-order chi connectivity index (χ0) is 12.4. The first-order valence-corrected chi connectivity index (χ1v) is 5.72. The van der Waals surface area contributed by atoms with Gasteiger partial charge < -0.3 is 19.9 Å². The minimum atomic E-state index is -0.190. The number of hydrogen-bond acceptors (Lipinski definition) is 5. The predicted molar refractivity (Wildman–Crippen MR) is 64.4 cm³/mol. The number of likely N-dealkylation sites (N-methyl/N-ethyl adjacent to an activating group) is 1. The monoisotopic (exact) mass is 234 g/mol. The normalized spacial score (nSPS) is 13.7. The van der Waals surface area contributed by atoms with Crippen LogP contribution in [-0.2, 0) is 14.2 Å². The highest BCUT2D eigenvalue weighted by atomic mass is 16.7. The van der Waals surface area contributed by atoms with Crippen molar-refractivity contribution in [1.29, 1.82) is 0 Å². The molecule has 16 heavy (non-hydrogen) atoms. The van der Waals surface area contributed by atoms with Crippen LogP contribution in [-0.4, -0.2) is 64.8 Å². The largest absolute Gasteiger partial charge is 0.383 e. The molecular weight excluding hydrogens is 208 g/mol. The predicted octanol–water partition coefficient (Wildman–Crippen LogP) is 0.291. The van der Waals surface area contributed by atoms with E-state index in [0.717, 1.165) is 26.1 Å². The molecule has 0 bridgehead atoms. The third-order valence-electron chi connectivity index (χ3n) is 2.77. The van der Waals surface area contributed by atoms with Crippen LogP contribution in [0.25, 0.3) is 0 Å². The number of methoxy groups -OCH3 is 3. The van der Waals surface area contributed by atoms with Crippen molar-refractivity contribution >= 4 is 0 Å². The van der Waals surface area contributed by atoms with Crippen LogP contribution in [0.4, 0.5) is 0 Å². The third kappa shape index (κ3) is 5.77. The first-order chi connectivity index (χ1) is 7.73. The highest BCUT2D eigenvalue weighted by Crippen LogP contribution is 2.09. The van der Waals surface area contributed by atoms with Gasteiger partial charge in [0, 0.05) is 46.9 Å². The summed E-state index contributed by atoms with van der Waals surface area (Å²) in [6.45, 7) is 5.27. The minimum absolute atomic E-state index is 0.190. The molecule has 0 aliphatic heterocycles. The van der Waals surface area contributed by atoms with Crippen LogP contribution in [0.3, 0.4) is 0 Å². The fourth-order valence-corrected chi connectivity index (χ4v) is 1.71. The standard InChI is InChI=1S/C11H26N2O3/c1-5-13(6-7-14-2)10(9-12)8-11(15-3)16-4/h10-11H,5-9,12H2,1-4H3. The van der Waals surface area contributed by atoms with Crippen LogP contribution in [0.1, 0.15) is 13.3 Å². The number of ether oxygens (including phenoxy) is 3. The smallest absolute Gasteiger partial charge is 0.158 e. The van der Waals surface area contributed by atoms with Crippen molar-refractivity contribution in [2.75, 3.05) is 47.6 Å². The molecule has 0 aliphatic carbocycles. The highest BCUT2D eigenvalue weighted by molar-refractivity contribution is 4.73. The van der Waals surface area contributed by atoms with Gasteiger partial charge >= 0.3 is 0 Å². The zero-order valence-electron chi connectivity index (χ0n) is 10.9. The summed E-state index contributed by atoms with van der Waals surface area (Å²) in [5, 5.41) is 0. The topological polar surface area (TPSA) is 57.0 Å². The second-order valence-electron chi connectivity index (χ2n) is 3.65. The van der Waals surface area contributed by atoms with Crippen LogP contribution >= 0.6 is 0 Å². The highest BCUT2D eigenvalue weighted by Gasteiger charge is 2.19. The van der Waals surface area contributed by atoms with Crippen LogP contribution < -0.4 is 5.73 Å². The number of rotatable bonds is 10. The van der Waals surface area contributed by atoms with Crippen molar-refractivity contribution in [2.24, 2.45) is 5.73 Å². The molecule has 0 aliphatic rings. The molecule has 0 fully saturated rings. The van der Waals surface area contributed by atoms with Crippen LogP contribution in [0.2, 0.25) is 0 Å². The lowest BCUT2D eigenvalue weighted by molar-refractivity contribution is -0.116. The van der Waals surface area contributed by atoms with E-state index in [-0.39, 0.29) is 12.3 Å². The maximum atomic E-state index is 5.79. The van der Waals surface area contributed by atoms with Gasteiger partial charge in [-0.25, -0.2) is 0 Å². The first-order valence-electron chi connectivity index (χ1n) is 5.72.